The summed E-state index contributed by atoms with van der Waals surface area (Å²) in [4.78, 5) is 0. The van der Waals surface area contributed by atoms with Crippen molar-refractivity contribution in [2.24, 2.45) is 0 Å². The summed E-state index contributed by atoms with van der Waals surface area (Å²) in [5.74, 6) is -1.35. The van der Waals surface area contributed by atoms with Crippen molar-refractivity contribution in [3.05, 3.63) is 65.2 Å². The maximum Gasteiger partial charge on any atom is 0.165 e. The summed E-state index contributed by atoms with van der Waals surface area (Å²) in [7, 11) is 0. The Morgan fingerprint density at radius 1 is 0.941 bits per heavy atom. The summed E-state index contributed by atoms with van der Waals surface area (Å²) in [6.07, 6.45) is 0. The monoisotopic (exact) mass is 234 g/mol. The van der Waals surface area contributed by atoms with Crippen LogP contribution >= 0.6 is 0 Å². The molecule has 2 rings (SSSR count). The van der Waals surface area contributed by atoms with Gasteiger partial charge in [0, 0.05) is 5.92 Å². The van der Waals surface area contributed by atoms with Gasteiger partial charge < -0.3 is 5.11 Å². The molecule has 0 heterocycles. The first-order chi connectivity index (χ1) is 8.08. The molecule has 0 amide bonds. The third-order valence-electron chi connectivity index (χ3n) is 2.84. The van der Waals surface area contributed by atoms with Crippen LogP contribution in [-0.4, -0.2) is 5.11 Å². The number of rotatable bonds is 2. The molecule has 1 atom stereocenters. The van der Waals surface area contributed by atoms with Gasteiger partial charge in [-0.1, -0.05) is 25.1 Å². The van der Waals surface area contributed by atoms with E-state index in [1.807, 2.05) is 6.92 Å². The molecule has 88 valence electrons. The van der Waals surface area contributed by atoms with Crippen LogP contribution in [0.2, 0.25) is 0 Å². The highest BCUT2D eigenvalue weighted by molar-refractivity contribution is 5.35. The normalized spacial score (nSPS) is 12.4. The van der Waals surface area contributed by atoms with Crippen molar-refractivity contribution in [2.75, 3.05) is 0 Å². The van der Waals surface area contributed by atoms with E-state index in [0.29, 0.717) is 0 Å². The smallest absolute Gasteiger partial charge is 0.165 e. The van der Waals surface area contributed by atoms with E-state index in [4.69, 9.17) is 5.11 Å². The minimum Gasteiger partial charge on any atom is -0.505 e. The molecule has 2 aromatic carbocycles. The summed E-state index contributed by atoms with van der Waals surface area (Å²) in [5, 5.41) is 9.11. The van der Waals surface area contributed by atoms with Crippen molar-refractivity contribution in [1.29, 1.82) is 0 Å². The Hall–Kier alpha value is -1.90. The molecule has 1 unspecified atom stereocenters. The van der Waals surface area contributed by atoms with Crippen LogP contribution < -0.4 is 0 Å². The minimum absolute atomic E-state index is 0.0503. The first-order valence-corrected chi connectivity index (χ1v) is 5.32. The van der Waals surface area contributed by atoms with E-state index >= 15 is 0 Å². The number of halogens is 2. The Morgan fingerprint density at radius 2 is 1.53 bits per heavy atom. The van der Waals surface area contributed by atoms with Crippen LogP contribution in [0.25, 0.3) is 0 Å². The van der Waals surface area contributed by atoms with Gasteiger partial charge in [-0.25, -0.2) is 8.78 Å². The zero-order valence-electron chi connectivity index (χ0n) is 9.32. The lowest BCUT2D eigenvalue weighted by Crippen LogP contribution is -1.96. The van der Waals surface area contributed by atoms with Gasteiger partial charge in [0.25, 0.3) is 0 Å². The van der Waals surface area contributed by atoms with Crippen LogP contribution in [0.5, 0.6) is 5.75 Å². The maximum absolute atomic E-state index is 13.2. The van der Waals surface area contributed by atoms with Crippen molar-refractivity contribution >= 4 is 0 Å². The first-order valence-electron chi connectivity index (χ1n) is 5.32. The van der Waals surface area contributed by atoms with Gasteiger partial charge in [-0.15, -0.1) is 0 Å². The molecule has 0 bridgehead atoms. The molecule has 0 saturated heterocycles. The van der Waals surface area contributed by atoms with Crippen molar-refractivity contribution in [3.8, 4) is 5.75 Å². The van der Waals surface area contributed by atoms with E-state index in [1.54, 1.807) is 18.2 Å². The van der Waals surface area contributed by atoms with E-state index in [-0.39, 0.29) is 17.5 Å². The number of aromatic hydroxyl groups is 1. The molecular weight excluding hydrogens is 222 g/mol. The maximum atomic E-state index is 13.2. The quantitative estimate of drug-likeness (QED) is 0.837. The second kappa shape index (κ2) is 4.53. The lowest BCUT2D eigenvalue weighted by Gasteiger charge is -2.12. The van der Waals surface area contributed by atoms with Crippen LogP contribution in [0.15, 0.2) is 42.5 Å². The van der Waals surface area contributed by atoms with Crippen molar-refractivity contribution in [3.63, 3.8) is 0 Å². The summed E-state index contributed by atoms with van der Waals surface area (Å²) in [6, 6.07) is 10.4. The van der Waals surface area contributed by atoms with E-state index in [2.05, 4.69) is 0 Å². The molecule has 0 aromatic heterocycles. The van der Waals surface area contributed by atoms with Gasteiger partial charge in [-0.3, -0.25) is 0 Å². The molecule has 0 aliphatic heterocycles. The second-order valence-corrected chi connectivity index (χ2v) is 3.98. The predicted molar refractivity (Wildman–Crippen MR) is 62.0 cm³/mol. The Bertz CT molecular complexity index is 520. The Kier molecular flexibility index (Phi) is 3.09. The van der Waals surface area contributed by atoms with Crippen LogP contribution in [0, 0.1) is 11.6 Å². The highest BCUT2D eigenvalue weighted by Crippen LogP contribution is 2.27. The predicted octanol–water partition coefficient (Wildman–Crippen LogP) is 3.82. The zero-order chi connectivity index (χ0) is 12.4. The van der Waals surface area contributed by atoms with Crippen molar-refractivity contribution in [1.82, 2.24) is 0 Å². The molecule has 0 aliphatic carbocycles. The van der Waals surface area contributed by atoms with Gasteiger partial charge in [0.1, 0.15) is 5.82 Å². The molecule has 0 saturated carbocycles. The number of phenols is 1. The van der Waals surface area contributed by atoms with Crippen LogP contribution in [-0.2, 0) is 0 Å². The standard InChI is InChI=1S/C14H12F2O/c1-9(10-2-5-12(15)6-3-10)11-4-7-14(17)13(16)8-11/h2-9,17H,1H3. The molecule has 1 nitrogen and oxygen atoms in total. The first kappa shape index (κ1) is 11.6. The van der Waals surface area contributed by atoms with Gasteiger partial charge >= 0.3 is 0 Å². The van der Waals surface area contributed by atoms with E-state index < -0.39 is 5.82 Å². The number of benzene rings is 2. The van der Waals surface area contributed by atoms with Gasteiger partial charge in [0.15, 0.2) is 11.6 Å². The third-order valence-corrected chi connectivity index (χ3v) is 2.84. The summed E-state index contributed by atoms with van der Waals surface area (Å²) < 4.78 is 26.0. The number of hydrogen-bond donors (Lipinski definition) is 1. The Morgan fingerprint density at radius 3 is 2.12 bits per heavy atom. The van der Waals surface area contributed by atoms with Crippen LogP contribution in [0.1, 0.15) is 24.0 Å². The number of hydrogen-bond acceptors (Lipinski definition) is 1. The molecule has 17 heavy (non-hydrogen) atoms. The molecule has 1 N–H and O–H groups in total. The van der Waals surface area contributed by atoms with E-state index in [1.165, 1.54) is 24.3 Å². The molecule has 0 fully saturated rings. The SMILES string of the molecule is CC(c1ccc(F)cc1)c1ccc(O)c(F)c1. The molecule has 0 radical (unpaired) electrons. The van der Waals surface area contributed by atoms with E-state index in [9.17, 15) is 8.78 Å². The van der Waals surface area contributed by atoms with Crippen LogP contribution in [0.3, 0.4) is 0 Å². The number of phenolic OH excluding ortho intramolecular Hbond substituents is 1. The fourth-order valence-corrected chi connectivity index (χ4v) is 1.74. The molecule has 3 heteroatoms. The molecule has 0 aliphatic rings. The lowest BCUT2D eigenvalue weighted by molar-refractivity contribution is 0.431. The Labute approximate surface area is 98.3 Å². The minimum atomic E-state index is -0.642. The fourth-order valence-electron chi connectivity index (χ4n) is 1.74. The second-order valence-electron chi connectivity index (χ2n) is 3.98. The summed E-state index contributed by atoms with van der Waals surface area (Å²) in [5.41, 5.74) is 1.64. The average Bonchev–Trinajstić information content (AvgIpc) is 2.33. The highest BCUT2D eigenvalue weighted by Gasteiger charge is 2.10. The summed E-state index contributed by atoms with van der Waals surface area (Å²) in [6.45, 7) is 1.90. The Balaban J connectivity index is 2.33. The van der Waals surface area contributed by atoms with Crippen molar-refractivity contribution in [2.45, 2.75) is 12.8 Å². The van der Waals surface area contributed by atoms with Gasteiger partial charge in [0.2, 0.25) is 0 Å². The lowest BCUT2D eigenvalue weighted by atomic mass is 9.93. The fraction of sp³-hybridized carbons (Fsp3) is 0.143. The van der Waals surface area contributed by atoms with Crippen LogP contribution in [0.4, 0.5) is 8.78 Å². The molecule has 0 spiro atoms. The summed E-state index contributed by atoms with van der Waals surface area (Å²) >= 11 is 0. The third kappa shape index (κ3) is 2.44. The average molecular weight is 234 g/mol. The van der Waals surface area contributed by atoms with Gasteiger partial charge in [0.05, 0.1) is 0 Å². The largest absolute Gasteiger partial charge is 0.505 e. The highest BCUT2D eigenvalue weighted by atomic mass is 19.1. The topological polar surface area (TPSA) is 20.2 Å². The molecular formula is C14H12F2O. The van der Waals surface area contributed by atoms with Gasteiger partial charge in [-0.2, -0.15) is 0 Å². The van der Waals surface area contributed by atoms with Gasteiger partial charge in [-0.05, 0) is 35.4 Å². The van der Waals surface area contributed by atoms with E-state index in [0.717, 1.165) is 11.1 Å². The zero-order valence-corrected chi connectivity index (χ0v) is 9.32. The van der Waals surface area contributed by atoms with Crippen molar-refractivity contribution < 1.29 is 13.9 Å². The molecule has 2 aromatic rings.